The molecule has 0 fully saturated rings. The van der Waals surface area contributed by atoms with E-state index < -0.39 is 47.1 Å². The molecule has 0 aliphatic carbocycles. The number of aryl methyl sites for hydroxylation is 1. The minimum atomic E-state index is -1.33. The third-order valence-electron chi connectivity index (χ3n) is 4.78. The van der Waals surface area contributed by atoms with E-state index in [1.54, 1.807) is 39.0 Å². The van der Waals surface area contributed by atoms with Crippen molar-refractivity contribution in [1.29, 1.82) is 0 Å². The number of halogens is 3. The first-order valence-electron chi connectivity index (χ1n) is 9.41. The summed E-state index contributed by atoms with van der Waals surface area (Å²) in [5, 5.41) is 16.7. The predicted molar refractivity (Wildman–Crippen MR) is 114 cm³/mol. The summed E-state index contributed by atoms with van der Waals surface area (Å²) in [5.74, 6) is -5.29. The number of nitrogens with one attached hydrogen (secondary N) is 3. The van der Waals surface area contributed by atoms with Crippen molar-refractivity contribution in [3.63, 3.8) is 0 Å². The number of carbonyl (C=O) groups is 3. The fraction of sp³-hybridized carbons (Fsp3) is 0.286. The molecular formula is C21H22ClF2N3O4. The number of carbonyl (C=O) groups excluding carboxylic acids is 2. The summed E-state index contributed by atoms with van der Waals surface area (Å²) in [7, 11) is 0. The van der Waals surface area contributed by atoms with Gasteiger partial charge in [0, 0.05) is 6.07 Å². The van der Waals surface area contributed by atoms with Gasteiger partial charge in [-0.3, -0.25) is 4.79 Å². The largest absolute Gasteiger partial charge is 0.480 e. The first-order chi connectivity index (χ1) is 14.5. The van der Waals surface area contributed by atoms with Crippen LogP contribution in [0.3, 0.4) is 0 Å². The lowest BCUT2D eigenvalue weighted by atomic mass is 9.98. The highest BCUT2D eigenvalue weighted by atomic mass is 35.5. The summed E-state index contributed by atoms with van der Waals surface area (Å²) in [5.41, 5.74) is 0.188. The van der Waals surface area contributed by atoms with Gasteiger partial charge in [0.05, 0.1) is 22.0 Å². The van der Waals surface area contributed by atoms with E-state index in [2.05, 4.69) is 16.0 Å². The van der Waals surface area contributed by atoms with Crippen LogP contribution in [0.15, 0.2) is 30.3 Å². The van der Waals surface area contributed by atoms with Gasteiger partial charge in [-0.2, -0.15) is 0 Å². The first kappa shape index (κ1) is 24.1. The lowest BCUT2D eigenvalue weighted by Gasteiger charge is -2.21. The van der Waals surface area contributed by atoms with Gasteiger partial charge in [-0.05, 0) is 30.5 Å². The number of urea groups is 1. The Morgan fingerprint density at radius 2 is 1.77 bits per heavy atom. The highest BCUT2D eigenvalue weighted by Crippen LogP contribution is 2.26. The van der Waals surface area contributed by atoms with Crippen molar-refractivity contribution in [3.8, 4) is 0 Å². The quantitative estimate of drug-likeness (QED) is 0.483. The summed E-state index contributed by atoms with van der Waals surface area (Å²) in [6.07, 6.45) is 0.458. The zero-order valence-electron chi connectivity index (χ0n) is 17.1. The molecule has 0 spiro atoms. The molecule has 1 unspecified atom stereocenters. The van der Waals surface area contributed by atoms with Crippen LogP contribution in [0.4, 0.5) is 25.0 Å². The maximum absolute atomic E-state index is 13.8. The maximum atomic E-state index is 13.8. The van der Waals surface area contributed by atoms with Crippen LogP contribution in [-0.2, 0) is 4.79 Å². The van der Waals surface area contributed by atoms with E-state index in [-0.39, 0.29) is 10.7 Å². The number of hydrogen-bond acceptors (Lipinski definition) is 3. The normalized spacial score (nSPS) is 12.6. The number of hydrogen-bond donors (Lipinski definition) is 4. The zero-order chi connectivity index (χ0) is 23.3. The number of benzene rings is 2. The minimum Gasteiger partial charge on any atom is -0.480 e. The second kappa shape index (κ2) is 10.2. The molecule has 0 bridgehead atoms. The minimum absolute atomic E-state index is 0.260. The van der Waals surface area contributed by atoms with E-state index in [1.807, 2.05) is 0 Å². The Kier molecular flexibility index (Phi) is 7.93. The molecule has 0 aromatic heterocycles. The van der Waals surface area contributed by atoms with Crippen LogP contribution in [0, 0.1) is 24.5 Å². The smallest absolute Gasteiger partial charge is 0.326 e. The zero-order valence-corrected chi connectivity index (χ0v) is 17.8. The number of aliphatic carboxylic acids is 1. The fourth-order valence-corrected chi connectivity index (χ4v) is 3.07. The third kappa shape index (κ3) is 5.91. The molecule has 0 aliphatic heterocycles. The van der Waals surface area contributed by atoms with Gasteiger partial charge < -0.3 is 21.1 Å². The van der Waals surface area contributed by atoms with Gasteiger partial charge >= 0.3 is 12.0 Å². The Bertz CT molecular complexity index is 996. The van der Waals surface area contributed by atoms with Crippen LogP contribution < -0.4 is 16.0 Å². The topological polar surface area (TPSA) is 108 Å². The van der Waals surface area contributed by atoms with Crippen molar-refractivity contribution in [2.75, 3.05) is 10.6 Å². The van der Waals surface area contributed by atoms with E-state index in [0.717, 1.165) is 0 Å². The molecule has 2 rings (SSSR count). The van der Waals surface area contributed by atoms with E-state index in [1.165, 1.54) is 0 Å². The lowest BCUT2D eigenvalue weighted by Crippen LogP contribution is -2.45. The number of carboxylic acids is 1. The Morgan fingerprint density at radius 1 is 1.13 bits per heavy atom. The molecule has 166 valence electrons. The monoisotopic (exact) mass is 453 g/mol. The Labute approximate surface area is 182 Å². The molecule has 3 amide bonds. The van der Waals surface area contributed by atoms with Gasteiger partial charge in [-0.25, -0.2) is 18.4 Å². The van der Waals surface area contributed by atoms with Crippen molar-refractivity contribution >= 4 is 40.9 Å². The van der Waals surface area contributed by atoms with E-state index in [0.29, 0.717) is 29.8 Å². The summed E-state index contributed by atoms with van der Waals surface area (Å²) < 4.78 is 27.6. The highest BCUT2D eigenvalue weighted by molar-refractivity contribution is 6.34. The van der Waals surface area contributed by atoms with Crippen molar-refractivity contribution in [3.05, 3.63) is 58.1 Å². The van der Waals surface area contributed by atoms with E-state index >= 15 is 0 Å². The Balaban J connectivity index is 2.32. The van der Waals surface area contributed by atoms with Gasteiger partial charge in [-0.1, -0.05) is 44.0 Å². The van der Waals surface area contributed by atoms with Crippen LogP contribution >= 0.6 is 11.6 Å². The average Bonchev–Trinajstić information content (AvgIpc) is 2.70. The second-order valence-corrected chi connectivity index (χ2v) is 7.40. The summed E-state index contributed by atoms with van der Waals surface area (Å²) >= 11 is 6.06. The first-order valence-corrected chi connectivity index (χ1v) is 9.78. The molecule has 0 radical (unpaired) electrons. The molecule has 31 heavy (non-hydrogen) atoms. The van der Waals surface area contributed by atoms with Crippen molar-refractivity contribution < 1.29 is 28.3 Å². The molecule has 0 heterocycles. The van der Waals surface area contributed by atoms with Gasteiger partial charge in [0.15, 0.2) is 11.6 Å². The predicted octanol–water partition coefficient (Wildman–Crippen LogP) is 4.80. The van der Waals surface area contributed by atoms with Gasteiger partial charge in [0.25, 0.3) is 5.91 Å². The average molecular weight is 454 g/mol. The molecule has 2 atom stereocenters. The molecule has 0 saturated heterocycles. The number of anilines is 2. The summed E-state index contributed by atoms with van der Waals surface area (Å²) in [6, 6.07) is 4.08. The number of amides is 3. The molecule has 4 N–H and O–H groups in total. The van der Waals surface area contributed by atoms with E-state index in [4.69, 9.17) is 11.6 Å². The SMILES string of the molecule is CCC(C)[C@H](NC(=O)c1cc(F)c(F)cc1NC(=O)Nc1c(C)cccc1Cl)C(=O)O. The highest BCUT2D eigenvalue weighted by Gasteiger charge is 2.27. The third-order valence-corrected chi connectivity index (χ3v) is 5.09. The van der Waals surface area contributed by atoms with E-state index in [9.17, 15) is 28.3 Å². The number of carboxylic acid groups (broad SMARTS) is 1. The lowest BCUT2D eigenvalue weighted by molar-refractivity contribution is -0.140. The van der Waals surface area contributed by atoms with Crippen LogP contribution in [0.1, 0.15) is 36.2 Å². The van der Waals surface area contributed by atoms with Crippen LogP contribution in [-0.4, -0.2) is 29.1 Å². The Hall–Kier alpha value is -3.20. The standard InChI is InChI=1S/C21H22ClF2N3O4/c1-4-10(2)18(20(29)30)26-19(28)12-8-14(23)15(24)9-16(12)25-21(31)27-17-11(3)6-5-7-13(17)22/h5-10,18H,4H2,1-3H3,(H,26,28)(H,29,30)(H2,25,27,31)/t10?,18-/m0/s1. The van der Waals surface area contributed by atoms with Crippen molar-refractivity contribution in [2.45, 2.75) is 33.2 Å². The number of para-hydroxylation sites is 1. The second-order valence-electron chi connectivity index (χ2n) is 7.00. The van der Waals surface area contributed by atoms with Crippen LogP contribution in [0.2, 0.25) is 5.02 Å². The van der Waals surface area contributed by atoms with Crippen molar-refractivity contribution in [1.82, 2.24) is 5.32 Å². The summed E-state index contributed by atoms with van der Waals surface area (Å²) in [4.78, 5) is 36.6. The maximum Gasteiger partial charge on any atom is 0.326 e. The number of rotatable bonds is 7. The van der Waals surface area contributed by atoms with Gasteiger partial charge in [0.2, 0.25) is 0 Å². The summed E-state index contributed by atoms with van der Waals surface area (Å²) in [6.45, 7) is 5.08. The molecule has 7 nitrogen and oxygen atoms in total. The molecule has 2 aromatic rings. The van der Waals surface area contributed by atoms with Gasteiger partial charge in [-0.15, -0.1) is 0 Å². The Morgan fingerprint density at radius 3 is 2.35 bits per heavy atom. The fourth-order valence-electron chi connectivity index (χ4n) is 2.80. The van der Waals surface area contributed by atoms with Crippen molar-refractivity contribution in [2.24, 2.45) is 5.92 Å². The van der Waals surface area contributed by atoms with Crippen LogP contribution in [0.25, 0.3) is 0 Å². The van der Waals surface area contributed by atoms with Gasteiger partial charge in [0.1, 0.15) is 6.04 Å². The molecule has 10 heteroatoms. The molecule has 0 saturated carbocycles. The molecular weight excluding hydrogens is 432 g/mol. The van der Waals surface area contributed by atoms with Crippen LogP contribution in [0.5, 0.6) is 0 Å². The molecule has 2 aromatic carbocycles. The molecule has 0 aliphatic rings.